The molecular weight excluding hydrogens is 176 g/mol. The number of aromatic nitrogens is 1. The number of carbonyl (C=O) groups excluding carboxylic acids is 1. The lowest BCUT2D eigenvalue weighted by Gasteiger charge is -1.99. The van der Waals surface area contributed by atoms with E-state index in [0.29, 0.717) is 22.9 Å². The topological polar surface area (TPSA) is 65.2 Å². The number of hydrogen-bond acceptors (Lipinski definition) is 5. The number of anilines is 1. The van der Waals surface area contributed by atoms with Crippen LogP contribution in [0.25, 0.3) is 0 Å². The molecule has 0 unspecified atom stereocenters. The average Bonchev–Trinajstić information content (AvgIpc) is 2.32. The molecule has 1 rings (SSSR count). The molecular formula is C7H10N2O2S. The number of ether oxygens (including phenoxy) is 1. The quantitative estimate of drug-likeness (QED) is 0.705. The first-order valence-electron chi connectivity index (χ1n) is 3.55. The molecule has 1 aromatic rings. The molecule has 4 nitrogen and oxygen atoms in total. The minimum absolute atomic E-state index is 0.355. The zero-order valence-electron chi connectivity index (χ0n) is 6.96. The Morgan fingerprint density at radius 1 is 1.75 bits per heavy atom. The fraction of sp³-hybridized carbons (Fsp3) is 0.429. The van der Waals surface area contributed by atoms with Gasteiger partial charge < -0.3 is 10.5 Å². The highest BCUT2D eigenvalue weighted by molar-refractivity contribution is 7.10. The first-order chi connectivity index (χ1) is 5.66. The number of hydrogen-bond donors (Lipinski definition) is 1. The van der Waals surface area contributed by atoms with E-state index in [0.717, 1.165) is 11.5 Å². The smallest absolute Gasteiger partial charge is 0.343 e. The van der Waals surface area contributed by atoms with Gasteiger partial charge in [-0.1, -0.05) is 0 Å². The zero-order valence-corrected chi connectivity index (χ0v) is 7.77. The zero-order chi connectivity index (χ0) is 9.14. The van der Waals surface area contributed by atoms with Crippen molar-refractivity contribution in [3.05, 3.63) is 11.3 Å². The number of esters is 1. The van der Waals surface area contributed by atoms with E-state index in [4.69, 9.17) is 10.5 Å². The van der Waals surface area contributed by atoms with Gasteiger partial charge in [-0.3, -0.25) is 0 Å². The Morgan fingerprint density at radius 3 is 2.83 bits per heavy atom. The SMILES string of the molecule is CCOC(=O)c1c(C)nsc1N. The van der Waals surface area contributed by atoms with Crippen LogP contribution in [-0.4, -0.2) is 16.9 Å². The van der Waals surface area contributed by atoms with Crippen LogP contribution in [0, 0.1) is 6.92 Å². The lowest BCUT2D eigenvalue weighted by atomic mass is 10.2. The third-order valence-electron chi connectivity index (χ3n) is 1.37. The molecule has 0 saturated carbocycles. The third kappa shape index (κ3) is 1.55. The second kappa shape index (κ2) is 3.53. The van der Waals surface area contributed by atoms with Crippen molar-refractivity contribution in [3.63, 3.8) is 0 Å². The maximum absolute atomic E-state index is 11.2. The van der Waals surface area contributed by atoms with E-state index in [1.165, 1.54) is 0 Å². The van der Waals surface area contributed by atoms with Gasteiger partial charge >= 0.3 is 5.97 Å². The molecule has 0 amide bonds. The van der Waals surface area contributed by atoms with Crippen LogP contribution in [-0.2, 0) is 4.74 Å². The molecule has 0 bridgehead atoms. The van der Waals surface area contributed by atoms with E-state index < -0.39 is 0 Å². The van der Waals surface area contributed by atoms with Gasteiger partial charge in [-0.15, -0.1) is 0 Å². The van der Waals surface area contributed by atoms with Crippen LogP contribution in [0.1, 0.15) is 23.0 Å². The highest BCUT2D eigenvalue weighted by Crippen LogP contribution is 2.21. The fourth-order valence-corrected chi connectivity index (χ4v) is 1.49. The summed E-state index contributed by atoms with van der Waals surface area (Å²) in [5.74, 6) is -0.388. The maximum atomic E-state index is 11.2. The molecule has 0 radical (unpaired) electrons. The Labute approximate surface area is 74.5 Å². The predicted octanol–water partition coefficient (Wildman–Crippen LogP) is 1.21. The first-order valence-corrected chi connectivity index (χ1v) is 4.33. The van der Waals surface area contributed by atoms with E-state index in [9.17, 15) is 4.79 Å². The fourth-order valence-electron chi connectivity index (χ4n) is 0.839. The second-order valence-electron chi connectivity index (χ2n) is 2.23. The number of nitrogens with zero attached hydrogens (tertiary/aromatic N) is 1. The summed E-state index contributed by atoms with van der Waals surface area (Å²) in [7, 11) is 0. The molecule has 5 heteroatoms. The molecule has 1 heterocycles. The van der Waals surface area contributed by atoms with Gasteiger partial charge in [0.1, 0.15) is 10.6 Å². The van der Waals surface area contributed by atoms with Crippen LogP contribution in [0.5, 0.6) is 0 Å². The summed E-state index contributed by atoms with van der Waals surface area (Å²) in [4.78, 5) is 11.2. The van der Waals surface area contributed by atoms with E-state index in [-0.39, 0.29) is 5.97 Å². The van der Waals surface area contributed by atoms with Crippen molar-refractivity contribution >= 4 is 22.5 Å². The largest absolute Gasteiger partial charge is 0.462 e. The highest BCUT2D eigenvalue weighted by atomic mass is 32.1. The van der Waals surface area contributed by atoms with Gasteiger partial charge in [-0.25, -0.2) is 4.79 Å². The first kappa shape index (κ1) is 8.99. The molecule has 0 aliphatic rings. The minimum atomic E-state index is -0.388. The molecule has 0 aromatic carbocycles. The highest BCUT2D eigenvalue weighted by Gasteiger charge is 2.16. The number of nitrogens with two attached hydrogens (primary N) is 1. The summed E-state index contributed by atoms with van der Waals surface area (Å²) in [6.07, 6.45) is 0. The molecule has 2 N–H and O–H groups in total. The third-order valence-corrected chi connectivity index (χ3v) is 2.13. The van der Waals surface area contributed by atoms with Gasteiger partial charge in [-0.05, 0) is 25.4 Å². The van der Waals surface area contributed by atoms with E-state index in [1.807, 2.05) is 0 Å². The second-order valence-corrected chi connectivity index (χ2v) is 3.03. The Balaban J connectivity index is 2.93. The standard InChI is InChI=1S/C7H10N2O2S/c1-3-11-7(10)5-4(2)9-12-6(5)8/h3,8H2,1-2H3. The van der Waals surface area contributed by atoms with Crippen LogP contribution in [0.15, 0.2) is 0 Å². The maximum Gasteiger partial charge on any atom is 0.343 e. The Bertz CT molecular complexity index is 276. The van der Waals surface area contributed by atoms with Crippen molar-refractivity contribution in [2.45, 2.75) is 13.8 Å². The van der Waals surface area contributed by atoms with Crippen LogP contribution in [0.3, 0.4) is 0 Å². The lowest BCUT2D eigenvalue weighted by molar-refractivity contribution is 0.0527. The van der Waals surface area contributed by atoms with Crippen molar-refractivity contribution in [2.24, 2.45) is 0 Å². The van der Waals surface area contributed by atoms with Crippen molar-refractivity contribution in [1.29, 1.82) is 0 Å². The van der Waals surface area contributed by atoms with Crippen molar-refractivity contribution in [3.8, 4) is 0 Å². The summed E-state index contributed by atoms with van der Waals surface area (Å²) < 4.78 is 8.73. The summed E-state index contributed by atoms with van der Waals surface area (Å²) >= 11 is 1.11. The van der Waals surface area contributed by atoms with Gasteiger partial charge in [0.15, 0.2) is 0 Å². The Hall–Kier alpha value is -1.10. The van der Waals surface area contributed by atoms with E-state index >= 15 is 0 Å². The normalized spacial score (nSPS) is 9.83. The Morgan fingerprint density at radius 2 is 2.42 bits per heavy atom. The molecule has 1 aromatic heterocycles. The number of rotatable bonds is 2. The number of carbonyl (C=O) groups is 1. The van der Waals surface area contributed by atoms with Crippen LogP contribution >= 0.6 is 11.5 Å². The van der Waals surface area contributed by atoms with Gasteiger partial charge in [0, 0.05) is 0 Å². The summed E-state index contributed by atoms with van der Waals surface area (Å²) in [6.45, 7) is 3.84. The molecule has 0 saturated heterocycles. The molecule has 0 aliphatic heterocycles. The van der Waals surface area contributed by atoms with Crippen molar-refractivity contribution in [2.75, 3.05) is 12.3 Å². The van der Waals surface area contributed by atoms with Crippen LogP contribution in [0.2, 0.25) is 0 Å². The molecule has 0 spiro atoms. The monoisotopic (exact) mass is 186 g/mol. The minimum Gasteiger partial charge on any atom is -0.462 e. The lowest BCUT2D eigenvalue weighted by Crippen LogP contribution is -2.07. The molecule has 0 fully saturated rings. The molecule has 0 atom stereocenters. The van der Waals surface area contributed by atoms with Crippen LogP contribution < -0.4 is 5.73 Å². The Kier molecular flexibility index (Phi) is 2.65. The molecule has 66 valence electrons. The molecule has 0 aliphatic carbocycles. The number of aryl methyl sites for hydroxylation is 1. The van der Waals surface area contributed by atoms with Crippen molar-refractivity contribution < 1.29 is 9.53 Å². The van der Waals surface area contributed by atoms with Gasteiger partial charge in [0.25, 0.3) is 0 Å². The van der Waals surface area contributed by atoms with E-state index in [1.54, 1.807) is 13.8 Å². The van der Waals surface area contributed by atoms with E-state index in [2.05, 4.69) is 4.37 Å². The van der Waals surface area contributed by atoms with Crippen LogP contribution in [0.4, 0.5) is 5.00 Å². The number of nitrogen functional groups attached to an aromatic ring is 1. The van der Waals surface area contributed by atoms with Gasteiger partial charge in [0.05, 0.1) is 12.3 Å². The van der Waals surface area contributed by atoms with Gasteiger partial charge in [-0.2, -0.15) is 4.37 Å². The summed E-state index contributed by atoms with van der Waals surface area (Å²) in [5, 5.41) is 0.422. The van der Waals surface area contributed by atoms with Crippen molar-refractivity contribution in [1.82, 2.24) is 4.37 Å². The summed E-state index contributed by atoms with van der Waals surface area (Å²) in [6, 6.07) is 0. The van der Waals surface area contributed by atoms with Gasteiger partial charge in [0.2, 0.25) is 0 Å². The molecule has 12 heavy (non-hydrogen) atoms. The summed E-state index contributed by atoms with van der Waals surface area (Å²) in [5.41, 5.74) is 6.57. The predicted molar refractivity (Wildman–Crippen MR) is 47.2 cm³/mol. The average molecular weight is 186 g/mol.